The summed E-state index contributed by atoms with van der Waals surface area (Å²) in [4.78, 5) is 0. The number of ether oxygens (including phenoxy) is 2. The van der Waals surface area contributed by atoms with E-state index in [-0.39, 0.29) is 6.61 Å². The molecule has 2 aromatic rings. The van der Waals surface area contributed by atoms with Crippen molar-refractivity contribution in [3.05, 3.63) is 38.6 Å². The average molecular weight is 376 g/mol. The van der Waals surface area contributed by atoms with Crippen molar-refractivity contribution in [3.8, 4) is 11.5 Å². The molecular formula is C14H16BrClN2O3. The van der Waals surface area contributed by atoms with Crippen LogP contribution < -0.4 is 9.47 Å². The third-order valence-corrected chi connectivity index (χ3v) is 4.40. The highest BCUT2D eigenvalue weighted by atomic mass is 79.9. The molecule has 0 fully saturated rings. The number of aliphatic hydroxyl groups excluding tert-OH is 1. The van der Waals surface area contributed by atoms with Gasteiger partial charge in [-0.25, -0.2) is 0 Å². The molecule has 0 amide bonds. The summed E-state index contributed by atoms with van der Waals surface area (Å²) in [5, 5.41) is 13.9. The van der Waals surface area contributed by atoms with Crippen LogP contribution in [0.1, 0.15) is 17.0 Å². The number of nitrogens with zero attached hydrogens (tertiary/aromatic N) is 2. The monoisotopic (exact) mass is 374 g/mol. The van der Waals surface area contributed by atoms with Gasteiger partial charge >= 0.3 is 0 Å². The van der Waals surface area contributed by atoms with Gasteiger partial charge < -0.3 is 14.6 Å². The number of rotatable bonds is 5. The Hall–Kier alpha value is -1.24. The molecule has 0 bridgehead atoms. The number of aryl methyl sites for hydroxylation is 2. The smallest absolute Gasteiger partial charge is 0.180 e. The molecule has 21 heavy (non-hydrogen) atoms. The lowest BCUT2D eigenvalue weighted by Crippen LogP contribution is -2.05. The number of methoxy groups -OCH3 is 1. The van der Waals surface area contributed by atoms with Crippen molar-refractivity contribution in [1.82, 2.24) is 9.78 Å². The molecule has 0 atom stereocenters. The maximum Gasteiger partial charge on any atom is 0.180 e. The minimum atomic E-state index is -0.108. The van der Waals surface area contributed by atoms with Crippen molar-refractivity contribution in [2.45, 2.75) is 20.1 Å². The van der Waals surface area contributed by atoms with Crippen molar-refractivity contribution < 1.29 is 14.6 Å². The van der Waals surface area contributed by atoms with E-state index in [4.69, 9.17) is 21.1 Å². The van der Waals surface area contributed by atoms with Crippen LogP contribution in [0.3, 0.4) is 0 Å². The van der Waals surface area contributed by atoms with E-state index >= 15 is 0 Å². The Morgan fingerprint density at radius 2 is 2.14 bits per heavy atom. The van der Waals surface area contributed by atoms with Gasteiger partial charge in [0.05, 0.1) is 34.6 Å². The summed E-state index contributed by atoms with van der Waals surface area (Å²) in [6, 6.07) is 3.35. The Morgan fingerprint density at radius 1 is 1.43 bits per heavy atom. The van der Waals surface area contributed by atoms with Crippen LogP contribution in [-0.2, 0) is 20.3 Å². The number of hydrogen-bond donors (Lipinski definition) is 1. The normalized spacial score (nSPS) is 10.8. The summed E-state index contributed by atoms with van der Waals surface area (Å²) < 4.78 is 13.7. The molecule has 1 N–H and O–H groups in total. The van der Waals surface area contributed by atoms with E-state index in [2.05, 4.69) is 21.0 Å². The second-order valence-corrected chi connectivity index (χ2v) is 5.73. The third-order valence-electron chi connectivity index (χ3n) is 3.09. The summed E-state index contributed by atoms with van der Waals surface area (Å²) in [5.74, 6) is 0.934. The SMILES string of the molecule is COc1cc(CO)cc(Cl)c1OCc1c(Br)c(C)nn1C. The van der Waals surface area contributed by atoms with Gasteiger partial charge in [-0.1, -0.05) is 11.6 Å². The highest BCUT2D eigenvalue weighted by Crippen LogP contribution is 2.37. The molecule has 0 aliphatic carbocycles. The zero-order valence-electron chi connectivity index (χ0n) is 12.0. The molecule has 0 radical (unpaired) electrons. The lowest BCUT2D eigenvalue weighted by atomic mass is 10.2. The molecule has 0 saturated carbocycles. The average Bonchev–Trinajstić information content (AvgIpc) is 2.70. The quantitative estimate of drug-likeness (QED) is 0.872. The molecule has 7 heteroatoms. The molecule has 5 nitrogen and oxygen atoms in total. The Morgan fingerprint density at radius 3 is 2.67 bits per heavy atom. The van der Waals surface area contributed by atoms with E-state index in [1.54, 1.807) is 16.8 Å². The van der Waals surface area contributed by atoms with Gasteiger partial charge in [-0.3, -0.25) is 4.68 Å². The van der Waals surface area contributed by atoms with Gasteiger partial charge in [0.15, 0.2) is 11.5 Å². The molecule has 2 rings (SSSR count). The summed E-state index contributed by atoms with van der Waals surface area (Å²) in [6.45, 7) is 2.10. The fourth-order valence-electron chi connectivity index (χ4n) is 1.98. The molecular weight excluding hydrogens is 360 g/mol. The zero-order chi connectivity index (χ0) is 15.6. The van der Waals surface area contributed by atoms with E-state index in [9.17, 15) is 5.11 Å². The lowest BCUT2D eigenvalue weighted by molar-refractivity contribution is 0.269. The van der Waals surface area contributed by atoms with Crippen LogP contribution in [0.2, 0.25) is 5.02 Å². The Kier molecular flexibility index (Phi) is 5.13. The van der Waals surface area contributed by atoms with Gasteiger partial charge in [0.1, 0.15) is 6.61 Å². The number of hydrogen-bond acceptors (Lipinski definition) is 4. The first-order valence-corrected chi connectivity index (χ1v) is 7.43. The number of halogens is 2. The van der Waals surface area contributed by atoms with Crippen molar-refractivity contribution in [1.29, 1.82) is 0 Å². The predicted molar refractivity (Wildman–Crippen MR) is 83.9 cm³/mol. The number of aromatic nitrogens is 2. The Bertz CT molecular complexity index is 658. The fourth-order valence-corrected chi connectivity index (χ4v) is 2.72. The molecule has 1 aromatic carbocycles. The van der Waals surface area contributed by atoms with E-state index in [1.165, 1.54) is 7.11 Å². The second kappa shape index (κ2) is 6.68. The largest absolute Gasteiger partial charge is 0.493 e. The minimum absolute atomic E-state index is 0.108. The van der Waals surface area contributed by atoms with Gasteiger partial charge in [-0.05, 0) is 40.5 Å². The first-order chi connectivity index (χ1) is 9.97. The molecule has 0 spiro atoms. The van der Waals surface area contributed by atoms with Crippen molar-refractivity contribution in [3.63, 3.8) is 0 Å². The van der Waals surface area contributed by atoms with Crippen LogP contribution in [0.15, 0.2) is 16.6 Å². The molecule has 1 heterocycles. The first-order valence-electron chi connectivity index (χ1n) is 6.26. The van der Waals surface area contributed by atoms with Gasteiger partial charge in [0, 0.05) is 7.05 Å². The highest BCUT2D eigenvalue weighted by molar-refractivity contribution is 9.10. The fraction of sp³-hybridized carbons (Fsp3) is 0.357. The molecule has 0 aliphatic heterocycles. The zero-order valence-corrected chi connectivity index (χ0v) is 14.3. The standard InChI is InChI=1S/C14H16BrClN2O3/c1-8-13(15)11(18(2)17-8)7-21-14-10(16)4-9(6-19)5-12(14)20-3/h4-5,19H,6-7H2,1-3H3. The van der Waals surface area contributed by atoms with Crippen LogP contribution in [0, 0.1) is 6.92 Å². The molecule has 0 unspecified atom stereocenters. The summed E-state index contributed by atoms with van der Waals surface area (Å²) in [5.41, 5.74) is 2.46. The summed E-state index contributed by atoms with van der Waals surface area (Å²) in [6.07, 6.45) is 0. The molecule has 1 aromatic heterocycles. The lowest BCUT2D eigenvalue weighted by Gasteiger charge is -2.14. The minimum Gasteiger partial charge on any atom is -0.493 e. The van der Waals surface area contributed by atoms with Crippen LogP contribution in [-0.4, -0.2) is 22.0 Å². The van der Waals surface area contributed by atoms with Gasteiger partial charge in [0.25, 0.3) is 0 Å². The molecule has 0 saturated heterocycles. The Balaban J connectivity index is 2.27. The van der Waals surface area contributed by atoms with E-state index in [1.807, 2.05) is 14.0 Å². The topological polar surface area (TPSA) is 56.5 Å². The maximum atomic E-state index is 9.18. The second-order valence-electron chi connectivity index (χ2n) is 4.53. The van der Waals surface area contributed by atoms with Crippen LogP contribution in [0.5, 0.6) is 11.5 Å². The Labute approximate surface area is 136 Å². The van der Waals surface area contributed by atoms with Crippen molar-refractivity contribution in [2.24, 2.45) is 7.05 Å². The van der Waals surface area contributed by atoms with Crippen LogP contribution >= 0.6 is 27.5 Å². The van der Waals surface area contributed by atoms with Crippen molar-refractivity contribution >= 4 is 27.5 Å². The molecule has 114 valence electrons. The number of aliphatic hydroxyl groups is 1. The van der Waals surface area contributed by atoms with Gasteiger partial charge in [-0.15, -0.1) is 0 Å². The summed E-state index contributed by atoms with van der Waals surface area (Å²) in [7, 11) is 3.38. The van der Waals surface area contributed by atoms with E-state index in [0.717, 1.165) is 15.9 Å². The van der Waals surface area contributed by atoms with Crippen LogP contribution in [0.4, 0.5) is 0 Å². The van der Waals surface area contributed by atoms with Crippen molar-refractivity contribution in [2.75, 3.05) is 7.11 Å². The highest BCUT2D eigenvalue weighted by Gasteiger charge is 2.15. The van der Waals surface area contributed by atoms with Gasteiger partial charge in [0.2, 0.25) is 0 Å². The third kappa shape index (κ3) is 3.33. The molecule has 0 aliphatic rings. The first kappa shape index (κ1) is 16.1. The summed E-state index contributed by atoms with van der Waals surface area (Å²) >= 11 is 9.68. The number of benzene rings is 1. The van der Waals surface area contributed by atoms with E-state index in [0.29, 0.717) is 28.7 Å². The van der Waals surface area contributed by atoms with E-state index < -0.39 is 0 Å². The van der Waals surface area contributed by atoms with Crippen LogP contribution in [0.25, 0.3) is 0 Å². The predicted octanol–water partition coefficient (Wildman–Crippen LogP) is 3.22. The maximum absolute atomic E-state index is 9.18. The van der Waals surface area contributed by atoms with Gasteiger partial charge in [-0.2, -0.15) is 5.10 Å².